The lowest BCUT2D eigenvalue weighted by Gasteiger charge is -2.18. The molecule has 0 saturated heterocycles. The molecule has 1 N–H and O–H groups in total. The highest BCUT2D eigenvalue weighted by molar-refractivity contribution is 5.93. The van der Waals surface area contributed by atoms with Gasteiger partial charge in [-0.3, -0.25) is 10.1 Å². The van der Waals surface area contributed by atoms with Crippen molar-refractivity contribution in [2.45, 2.75) is 18.9 Å². The second kappa shape index (κ2) is 4.04. The Kier molecular flexibility index (Phi) is 2.71. The molecule has 0 heterocycles. The van der Waals surface area contributed by atoms with Gasteiger partial charge in [0, 0.05) is 24.8 Å². The van der Waals surface area contributed by atoms with Crippen LogP contribution in [0.5, 0.6) is 0 Å². The first kappa shape index (κ1) is 11.4. The monoisotopic (exact) mass is 236 g/mol. The van der Waals surface area contributed by atoms with Crippen molar-refractivity contribution in [3.8, 4) is 0 Å². The largest absolute Gasteiger partial charge is 0.477 e. The summed E-state index contributed by atoms with van der Waals surface area (Å²) in [5.41, 5.74) is 0.0506. The summed E-state index contributed by atoms with van der Waals surface area (Å²) in [6, 6.07) is 4.64. The number of benzene rings is 1. The molecule has 1 aromatic carbocycles. The summed E-state index contributed by atoms with van der Waals surface area (Å²) in [4.78, 5) is 22.9. The molecule has 2 rings (SSSR count). The molecule has 0 radical (unpaired) electrons. The molecule has 1 aliphatic carbocycles. The summed E-state index contributed by atoms with van der Waals surface area (Å²) in [7, 11) is 1.86. The Balaban J connectivity index is 2.41. The van der Waals surface area contributed by atoms with Gasteiger partial charge in [0.15, 0.2) is 0 Å². The molecule has 0 aliphatic heterocycles. The normalized spacial score (nSPS) is 14.4. The zero-order valence-corrected chi connectivity index (χ0v) is 9.29. The van der Waals surface area contributed by atoms with Gasteiger partial charge in [0.1, 0.15) is 5.56 Å². The number of hydrogen-bond donors (Lipinski definition) is 1. The molecule has 0 atom stereocenters. The number of anilines is 1. The van der Waals surface area contributed by atoms with Gasteiger partial charge < -0.3 is 10.0 Å². The standard InChI is InChI=1S/C11H12N2O4/c1-12(7-2-3-7)8-4-5-9(11(14)15)10(6-8)13(16)17/h4-7H,2-3H2,1H3,(H,14,15). The average Bonchev–Trinajstić information content (AvgIpc) is 3.10. The third-order valence-electron chi connectivity index (χ3n) is 2.91. The molecule has 90 valence electrons. The van der Waals surface area contributed by atoms with Crippen LogP contribution in [0.4, 0.5) is 11.4 Å². The van der Waals surface area contributed by atoms with Gasteiger partial charge in [-0.1, -0.05) is 0 Å². The summed E-state index contributed by atoms with van der Waals surface area (Å²) >= 11 is 0. The van der Waals surface area contributed by atoms with E-state index in [0.717, 1.165) is 12.8 Å². The first-order valence-electron chi connectivity index (χ1n) is 5.25. The van der Waals surface area contributed by atoms with E-state index in [1.165, 1.54) is 12.1 Å². The number of nitrogens with zero attached hydrogens (tertiary/aromatic N) is 2. The van der Waals surface area contributed by atoms with Gasteiger partial charge in [-0.05, 0) is 25.0 Å². The van der Waals surface area contributed by atoms with E-state index in [1.807, 2.05) is 11.9 Å². The second-order valence-electron chi connectivity index (χ2n) is 4.11. The van der Waals surface area contributed by atoms with E-state index in [-0.39, 0.29) is 11.3 Å². The fraction of sp³-hybridized carbons (Fsp3) is 0.364. The highest BCUT2D eigenvalue weighted by Crippen LogP contribution is 2.32. The number of carboxylic acids is 1. The molecule has 6 nitrogen and oxygen atoms in total. The lowest BCUT2D eigenvalue weighted by Crippen LogP contribution is -2.19. The minimum absolute atomic E-state index is 0.275. The number of nitro benzene ring substituents is 1. The predicted octanol–water partition coefficient (Wildman–Crippen LogP) is 1.89. The van der Waals surface area contributed by atoms with Crippen LogP contribution in [0.25, 0.3) is 0 Å². The number of carboxylic acid groups (broad SMARTS) is 1. The molecule has 1 saturated carbocycles. The molecule has 6 heteroatoms. The van der Waals surface area contributed by atoms with Gasteiger partial charge in [0.05, 0.1) is 4.92 Å². The fourth-order valence-corrected chi connectivity index (χ4v) is 1.74. The molecule has 0 aromatic heterocycles. The Bertz CT molecular complexity index is 482. The Morgan fingerprint density at radius 2 is 2.18 bits per heavy atom. The van der Waals surface area contributed by atoms with Gasteiger partial charge in [-0.2, -0.15) is 0 Å². The van der Waals surface area contributed by atoms with E-state index in [0.29, 0.717) is 11.7 Å². The Hall–Kier alpha value is -2.11. The zero-order chi connectivity index (χ0) is 12.6. The van der Waals surface area contributed by atoms with Gasteiger partial charge in [-0.25, -0.2) is 4.79 Å². The van der Waals surface area contributed by atoms with Crippen molar-refractivity contribution in [3.05, 3.63) is 33.9 Å². The second-order valence-corrected chi connectivity index (χ2v) is 4.11. The summed E-state index contributed by atoms with van der Waals surface area (Å²) in [5, 5.41) is 19.7. The number of hydrogen-bond acceptors (Lipinski definition) is 4. The molecule has 0 unspecified atom stereocenters. The van der Waals surface area contributed by atoms with Crippen LogP contribution in [-0.4, -0.2) is 29.1 Å². The highest BCUT2D eigenvalue weighted by Gasteiger charge is 2.28. The first-order valence-corrected chi connectivity index (χ1v) is 5.25. The van der Waals surface area contributed by atoms with Gasteiger partial charge >= 0.3 is 5.97 Å². The molecule has 1 aliphatic rings. The van der Waals surface area contributed by atoms with Crippen molar-refractivity contribution in [3.63, 3.8) is 0 Å². The van der Waals surface area contributed by atoms with Crippen LogP contribution in [0.15, 0.2) is 18.2 Å². The van der Waals surface area contributed by atoms with Gasteiger partial charge in [0.2, 0.25) is 0 Å². The van der Waals surface area contributed by atoms with Crippen LogP contribution in [0.2, 0.25) is 0 Å². The van der Waals surface area contributed by atoms with Crippen molar-refractivity contribution in [1.29, 1.82) is 0 Å². The number of carbonyl (C=O) groups is 1. The van der Waals surface area contributed by atoms with Crippen molar-refractivity contribution >= 4 is 17.3 Å². The minimum Gasteiger partial charge on any atom is -0.477 e. The zero-order valence-electron chi connectivity index (χ0n) is 9.29. The Morgan fingerprint density at radius 3 is 2.65 bits per heavy atom. The fourth-order valence-electron chi connectivity index (χ4n) is 1.74. The topological polar surface area (TPSA) is 83.7 Å². The molecule has 0 amide bonds. The Labute approximate surface area is 97.6 Å². The lowest BCUT2D eigenvalue weighted by atomic mass is 10.1. The molecular weight excluding hydrogens is 224 g/mol. The van der Waals surface area contributed by atoms with Crippen molar-refractivity contribution in [2.24, 2.45) is 0 Å². The van der Waals surface area contributed by atoms with Crippen molar-refractivity contribution in [1.82, 2.24) is 0 Å². The highest BCUT2D eigenvalue weighted by atomic mass is 16.6. The van der Waals surface area contributed by atoms with Crippen molar-refractivity contribution < 1.29 is 14.8 Å². The molecular formula is C11H12N2O4. The molecule has 1 fully saturated rings. The Morgan fingerprint density at radius 1 is 1.53 bits per heavy atom. The van der Waals surface area contributed by atoms with E-state index in [1.54, 1.807) is 6.07 Å². The summed E-state index contributed by atoms with van der Waals surface area (Å²) in [6.45, 7) is 0. The van der Waals surface area contributed by atoms with Crippen LogP contribution in [-0.2, 0) is 0 Å². The lowest BCUT2D eigenvalue weighted by molar-refractivity contribution is -0.385. The van der Waals surface area contributed by atoms with Crippen LogP contribution < -0.4 is 4.90 Å². The number of aromatic carboxylic acids is 1. The third-order valence-corrected chi connectivity index (χ3v) is 2.91. The molecule has 1 aromatic rings. The van der Waals surface area contributed by atoms with Gasteiger partial charge in [-0.15, -0.1) is 0 Å². The van der Waals surface area contributed by atoms with Gasteiger partial charge in [0.25, 0.3) is 5.69 Å². The molecule has 0 bridgehead atoms. The van der Waals surface area contributed by atoms with E-state index < -0.39 is 10.9 Å². The third kappa shape index (κ3) is 2.20. The first-order chi connectivity index (χ1) is 8.00. The molecule has 0 spiro atoms. The van der Waals surface area contributed by atoms with E-state index in [4.69, 9.17) is 5.11 Å². The smallest absolute Gasteiger partial charge is 0.342 e. The maximum atomic E-state index is 10.8. The summed E-state index contributed by atoms with van der Waals surface area (Å²) < 4.78 is 0. The van der Waals surface area contributed by atoms with Crippen LogP contribution in [0.3, 0.4) is 0 Å². The van der Waals surface area contributed by atoms with E-state index in [9.17, 15) is 14.9 Å². The van der Waals surface area contributed by atoms with Crippen LogP contribution in [0, 0.1) is 10.1 Å². The van der Waals surface area contributed by atoms with Crippen LogP contribution >= 0.6 is 0 Å². The van der Waals surface area contributed by atoms with Crippen LogP contribution in [0.1, 0.15) is 23.2 Å². The maximum Gasteiger partial charge on any atom is 0.342 e. The van der Waals surface area contributed by atoms with E-state index >= 15 is 0 Å². The number of rotatable bonds is 4. The van der Waals surface area contributed by atoms with Crippen molar-refractivity contribution in [2.75, 3.05) is 11.9 Å². The number of nitro groups is 1. The minimum atomic E-state index is -1.28. The summed E-state index contributed by atoms with van der Waals surface area (Å²) in [5.74, 6) is -1.28. The van der Waals surface area contributed by atoms with E-state index in [2.05, 4.69) is 0 Å². The SMILES string of the molecule is CN(c1ccc(C(=O)O)c([N+](=O)[O-])c1)C1CC1. The average molecular weight is 236 g/mol. The predicted molar refractivity (Wildman–Crippen MR) is 61.5 cm³/mol. The molecule has 17 heavy (non-hydrogen) atoms. The summed E-state index contributed by atoms with van der Waals surface area (Å²) in [6.07, 6.45) is 2.15. The quantitative estimate of drug-likeness (QED) is 0.637. The maximum absolute atomic E-state index is 10.8.